The maximum atomic E-state index is 11.6. The van der Waals surface area contributed by atoms with Gasteiger partial charge in [0, 0.05) is 49.4 Å². The van der Waals surface area contributed by atoms with Crippen LogP contribution in [0.2, 0.25) is 0 Å². The van der Waals surface area contributed by atoms with Gasteiger partial charge in [0.15, 0.2) is 10.9 Å². The van der Waals surface area contributed by atoms with Gasteiger partial charge in [-0.15, -0.1) is 11.3 Å². The molecule has 3 heterocycles. The molecule has 116 valence electrons. The molecular formula is C15H19N5OS. The average Bonchev–Trinajstić information content (AvgIpc) is 2.93. The second-order valence-corrected chi connectivity index (χ2v) is 6.73. The summed E-state index contributed by atoms with van der Waals surface area (Å²) in [5, 5.41) is 4.08. The molecule has 1 N–H and O–H groups in total. The topological polar surface area (TPSA) is 71.0 Å². The highest BCUT2D eigenvalue weighted by Gasteiger charge is 2.26. The lowest BCUT2D eigenvalue weighted by atomic mass is 9.94. The summed E-state index contributed by atoms with van der Waals surface area (Å²) in [5.41, 5.74) is 0.918. The number of carbonyl (C=O) groups excluding carboxylic acids is 1. The van der Waals surface area contributed by atoms with Gasteiger partial charge in [0.05, 0.1) is 5.69 Å². The highest BCUT2D eigenvalue weighted by Crippen LogP contribution is 2.31. The fourth-order valence-electron chi connectivity index (χ4n) is 2.74. The Morgan fingerprint density at radius 1 is 1.36 bits per heavy atom. The predicted octanol–water partition coefficient (Wildman–Crippen LogP) is 2.71. The maximum absolute atomic E-state index is 11.6. The minimum atomic E-state index is 0.124. The molecule has 1 atom stereocenters. The van der Waals surface area contributed by atoms with Crippen LogP contribution in [0.1, 0.15) is 36.3 Å². The number of hydrogen-bond donors (Lipinski definition) is 1. The van der Waals surface area contributed by atoms with E-state index in [4.69, 9.17) is 0 Å². The number of likely N-dealkylation sites (tertiary alicyclic amines) is 1. The van der Waals surface area contributed by atoms with Crippen LogP contribution in [0, 0.1) is 6.92 Å². The number of thiazole rings is 1. The molecule has 1 aliphatic heterocycles. The molecule has 6 nitrogen and oxygen atoms in total. The molecule has 3 rings (SSSR count). The fourth-order valence-corrected chi connectivity index (χ4v) is 3.41. The summed E-state index contributed by atoms with van der Waals surface area (Å²) in [6.07, 6.45) is 7.24. The zero-order valence-corrected chi connectivity index (χ0v) is 13.6. The van der Waals surface area contributed by atoms with Gasteiger partial charge in [-0.05, 0) is 19.8 Å². The number of nitrogens with zero attached hydrogens (tertiary/aromatic N) is 4. The Bertz CT molecular complexity index is 671. The Morgan fingerprint density at radius 2 is 2.18 bits per heavy atom. The third kappa shape index (κ3) is 3.24. The molecule has 1 saturated heterocycles. The van der Waals surface area contributed by atoms with E-state index in [9.17, 15) is 4.79 Å². The first-order chi connectivity index (χ1) is 10.6. The quantitative estimate of drug-likeness (QED) is 0.942. The molecule has 0 aromatic carbocycles. The SMILES string of the molecule is CC(=O)N1CCC[C@H](c2nccnc2Nc2ncc(C)s2)C1. The van der Waals surface area contributed by atoms with Gasteiger partial charge in [-0.1, -0.05) is 0 Å². The molecule has 7 heteroatoms. The van der Waals surface area contributed by atoms with Crippen molar-refractivity contribution >= 4 is 28.2 Å². The molecule has 2 aromatic heterocycles. The van der Waals surface area contributed by atoms with Gasteiger partial charge in [-0.3, -0.25) is 9.78 Å². The van der Waals surface area contributed by atoms with Crippen molar-refractivity contribution in [1.29, 1.82) is 0 Å². The van der Waals surface area contributed by atoms with Crippen LogP contribution >= 0.6 is 11.3 Å². The molecule has 0 aliphatic carbocycles. The Hall–Kier alpha value is -2.02. The van der Waals surface area contributed by atoms with Crippen molar-refractivity contribution in [3.8, 4) is 0 Å². The van der Waals surface area contributed by atoms with E-state index in [1.54, 1.807) is 30.7 Å². The van der Waals surface area contributed by atoms with Crippen molar-refractivity contribution in [3.05, 3.63) is 29.2 Å². The molecule has 0 unspecified atom stereocenters. The summed E-state index contributed by atoms with van der Waals surface area (Å²) in [6.45, 7) is 5.18. The third-order valence-electron chi connectivity index (χ3n) is 3.83. The molecule has 0 spiro atoms. The predicted molar refractivity (Wildman–Crippen MR) is 86.4 cm³/mol. The van der Waals surface area contributed by atoms with Crippen LogP contribution in [0.15, 0.2) is 18.6 Å². The molecule has 1 aliphatic rings. The molecule has 0 saturated carbocycles. The van der Waals surface area contributed by atoms with Gasteiger partial charge in [0.1, 0.15) is 0 Å². The summed E-state index contributed by atoms with van der Waals surface area (Å²) in [7, 11) is 0. The Kier molecular flexibility index (Phi) is 4.33. The zero-order chi connectivity index (χ0) is 15.5. The minimum Gasteiger partial charge on any atom is -0.342 e. The standard InChI is InChI=1S/C15H19N5OS/c1-10-8-18-15(22-10)19-14-13(16-5-6-17-14)12-4-3-7-20(9-12)11(2)21/h5-6,8,12H,3-4,7,9H2,1-2H3,(H,17,18,19)/t12-/m0/s1. The average molecular weight is 317 g/mol. The number of rotatable bonds is 3. The van der Waals surface area contributed by atoms with Crippen LogP contribution in [0.4, 0.5) is 10.9 Å². The lowest BCUT2D eigenvalue weighted by molar-refractivity contribution is -0.130. The molecule has 22 heavy (non-hydrogen) atoms. The first-order valence-electron chi connectivity index (χ1n) is 7.39. The highest BCUT2D eigenvalue weighted by molar-refractivity contribution is 7.15. The Balaban J connectivity index is 1.82. The molecule has 0 radical (unpaired) electrons. The van der Waals surface area contributed by atoms with Crippen molar-refractivity contribution in [1.82, 2.24) is 19.9 Å². The van der Waals surface area contributed by atoms with Crippen molar-refractivity contribution in [2.45, 2.75) is 32.6 Å². The van der Waals surface area contributed by atoms with Crippen LogP contribution in [0.25, 0.3) is 0 Å². The molecule has 0 bridgehead atoms. The zero-order valence-electron chi connectivity index (χ0n) is 12.7. The van der Waals surface area contributed by atoms with Gasteiger partial charge < -0.3 is 10.2 Å². The smallest absolute Gasteiger partial charge is 0.219 e. The van der Waals surface area contributed by atoms with Crippen molar-refractivity contribution < 1.29 is 4.79 Å². The number of amides is 1. The number of carbonyl (C=O) groups is 1. The van der Waals surface area contributed by atoms with E-state index in [-0.39, 0.29) is 11.8 Å². The molecule has 2 aromatic rings. The number of aryl methyl sites for hydroxylation is 1. The largest absolute Gasteiger partial charge is 0.342 e. The maximum Gasteiger partial charge on any atom is 0.219 e. The second kappa shape index (κ2) is 6.39. The Morgan fingerprint density at radius 3 is 2.91 bits per heavy atom. The van der Waals surface area contributed by atoms with E-state index >= 15 is 0 Å². The summed E-state index contributed by atoms with van der Waals surface area (Å²) in [5.74, 6) is 1.08. The Labute approximate surface area is 133 Å². The van der Waals surface area contributed by atoms with E-state index in [1.807, 2.05) is 18.0 Å². The van der Waals surface area contributed by atoms with E-state index in [2.05, 4.69) is 20.3 Å². The summed E-state index contributed by atoms with van der Waals surface area (Å²) < 4.78 is 0. The van der Waals surface area contributed by atoms with Gasteiger partial charge in [-0.2, -0.15) is 0 Å². The summed E-state index contributed by atoms with van der Waals surface area (Å²) in [6, 6.07) is 0. The van der Waals surface area contributed by atoms with Crippen molar-refractivity contribution in [3.63, 3.8) is 0 Å². The molecular weight excluding hydrogens is 298 g/mol. The van der Waals surface area contributed by atoms with Crippen LogP contribution in [0.5, 0.6) is 0 Å². The van der Waals surface area contributed by atoms with Crippen LogP contribution in [-0.2, 0) is 4.79 Å². The number of piperidine rings is 1. The van der Waals surface area contributed by atoms with Crippen molar-refractivity contribution in [2.75, 3.05) is 18.4 Å². The van der Waals surface area contributed by atoms with Gasteiger partial charge >= 0.3 is 0 Å². The number of hydrogen-bond acceptors (Lipinski definition) is 6. The van der Waals surface area contributed by atoms with E-state index in [1.165, 1.54) is 0 Å². The van der Waals surface area contributed by atoms with Crippen LogP contribution in [0.3, 0.4) is 0 Å². The number of nitrogens with one attached hydrogen (secondary N) is 1. The van der Waals surface area contributed by atoms with E-state index in [0.717, 1.165) is 40.9 Å². The normalized spacial score (nSPS) is 18.3. The lowest BCUT2D eigenvalue weighted by Crippen LogP contribution is -2.38. The first kappa shape index (κ1) is 14.9. The lowest BCUT2D eigenvalue weighted by Gasteiger charge is -2.32. The van der Waals surface area contributed by atoms with Gasteiger partial charge in [-0.25, -0.2) is 9.97 Å². The van der Waals surface area contributed by atoms with E-state index < -0.39 is 0 Å². The number of anilines is 2. The van der Waals surface area contributed by atoms with E-state index in [0.29, 0.717) is 6.54 Å². The summed E-state index contributed by atoms with van der Waals surface area (Å²) >= 11 is 1.59. The highest BCUT2D eigenvalue weighted by atomic mass is 32.1. The molecule has 1 amide bonds. The monoisotopic (exact) mass is 317 g/mol. The molecule has 1 fully saturated rings. The first-order valence-corrected chi connectivity index (χ1v) is 8.21. The number of aromatic nitrogens is 3. The van der Waals surface area contributed by atoms with Crippen LogP contribution in [-0.4, -0.2) is 38.8 Å². The second-order valence-electron chi connectivity index (χ2n) is 5.50. The minimum absolute atomic E-state index is 0.124. The fraction of sp³-hybridized carbons (Fsp3) is 0.467. The van der Waals surface area contributed by atoms with Crippen LogP contribution < -0.4 is 5.32 Å². The van der Waals surface area contributed by atoms with Crippen molar-refractivity contribution in [2.24, 2.45) is 0 Å². The van der Waals surface area contributed by atoms with Gasteiger partial charge in [0.25, 0.3) is 0 Å². The summed E-state index contributed by atoms with van der Waals surface area (Å²) in [4.78, 5) is 27.9. The van der Waals surface area contributed by atoms with Gasteiger partial charge in [0.2, 0.25) is 5.91 Å². The third-order valence-corrected chi connectivity index (χ3v) is 4.65.